The van der Waals surface area contributed by atoms with Crippen molar-refractivity contribution in [3.05, 3.63) is 22.8 Å². The van der Waals surface area contributed by atoms with Gasteiger partial charge in [-0.3, -0.25) is 0 Å². The molecule has 0 atom stereocenters. The number of aromatic nitrogens is 1. The molecule has 0 radical (unpaired) electrons. The van der Waals surface area contributed by atoms with Crippen LogP contribution >= 0.6 is 15.9 Å². The van der Waals surface area contributed by atoms with E-state index < -0.39 is 11.7 Å². The smallest absolute Gasteiger partial charge is 0.356 e. The molecular weight excluding hydrogens is 273 g/mol. The Morgan fingerprint density at radius 3 is 2.47 bits per heavy atom. The zero-order chi connectivity index (χ0) is 11.1. The lowest BCUT2D eigenvalue weighted by atomic mass is 10.2. The summed E-state index contributed by atoms with van der Waals surface area (Å²) in [7, 11) is 0. The van der Waals surface area contributed by atoms with Crippen LogP contribution in [0, 0.1) is 0 Å². The molecule has 0 unspecified atom stereocenters. The van der Waals surface area contributed by atoms with Crippen molar-refractivity contribution in [3.8, 4) is 0 Å². The van der Waals surface area contributed by atoms with E-state index in [-0.39, 0.29) is 18.7 Å². The number of alkyl halides is 3. The minimum atomic E-state index is -4.21. The van der Waals surface area contributed by atoms with E-state index in [1.165, 1.54) is 6.07 Å². The first-order valence-electron chi connectivity index (χ1n) is 4.40. The number of hydrogen-bond donors (Lipinski definition) is 1. The van der Waals surface area contributed by atoms with Crippen molar-refractivity contribution >= 4 is 21.7 Å². The molecule has 6 heteroatoms. The topological polar surface area (TPSA) is 24.9 Å². The number of anilines is 1. The van der Waals surface area contributed by atoms with Crippen LogP contribution in [0.2, 0.25) is 0 Å². The van der Waals surface area contributed by atoms with Gasteiger partial charge in [0.05, 0.1) is 0 Å². The molecule has 1 heterocycles. The Bertz CT molecular complexity index is 374. The Morgan fingerprint density at radius 1 is 1.33 bits per heavy atom. The molecule has 0 bridgehead atoms. The van der Waals surface area contributed by atoms with Crippen LogP contribution in [-0.2, 0) is 0 Å². The first kappa shape index (κ1) is 10.7. The van der Waals surface area contributed by atoms with Crippen molar-refractivity contribution < 1.29 is 13.2 Å². The van der Waals surface area contributed by atoms with Crippen LogP contribution in [0.15, 0.2) is 22.8 Å². The number of rotatable bonds is 2. The average molecular weight is 281 g/mol. The fourth-order valence-corrected chi connectivity index (χ4v) is 1.67. The van der Waals surface area contributed by atoms with Gasteiger partial charge < -0.3 is 5.32 Å². The monoisotopic (exact) mass is 280 g/mol. The van der Waals surface area contributed by atoms with Gasteiger partial charge in [0, 0.05) is 0 Å². The van der Waals surface area contributed by atoms with Crippen LogP contribution < -0.4 is 5.32 Å². The molecule has 2 rings (SSSR count). The second-order valence-corrected chi connectivity index (χ2v) is 4.36. The van der Waals surface area contributed by atoms with E-state index in [0.717, 1.165) is 0 Å². The van der Waals surface area contributed by atoms with Crippen molar-refractivity contribution in [3.63, 3.8) is 0 Å². The second kappa shape index (κ2) is 3.37. The van der Waals surface area contributed by atoms with E-state index in [2.05, 4.69) is 26.2 Å². The summed E-state index contributed by atoms with van der Waals surface area (Å²) in [6.45, 7) is 0. The molecule has 82 valence electrons. The van der Waals surface area contributed by atoms with Crippen LogP contribution in [0.4, 0.5) is 19.0 Å². The van der Waals surface area contributed by atoms with E-state index in [4.69, 9.17) is 0 Å². The number of nitrogens with one attached hydrogen (secondary N) is 1. The first-order chi connectivity index (χ1) is 6.93. The summed E-state index contributed by atoms with van der Waals surface area (Å²) >= 11 is 3.11. The normalized spacial score (nSPS) is 18.7. The highest BCUT2D eigenvalue weighted by atomic mass is 79.9. The minimum Gasteiger partial charge on any atom is -0.356 e. The van der Waals surface area contributed by atoms with E-state index in [1.54, 1.807) is 12.1 Å². The fourth-order valence-electron chi connectivity index (χ4n) is 1.33. The van der Waals surface area contributed by atoms with Gasteiger partial charge in [0.1, 0.15) is 16.0 Å². The number of nitrogens with zero attached hydrogens (tertiary/aromatic N) is 1. The molecule has 0 spiro atoms. The summed E-state index contributed by atoms with van der Waals surface area (Å²) in [4.78, 5) is 3.92. The Labute approximate surface area is 93.0 Å². The van der Waals surface area contributed by atoms with Gasteiger partial charge in [0.2, 0.25) is 0 Å². The molecule has 1 aliphatic rings. The van der Waals surface area contributed by atoms with Gasteiger partial charge in [0.25, 0.3) is 0 Å². The maximum atomic E-state index is 12.6. The maximum absolute atomic E-state index is 12.6. The van der Waals surface area contributed by atoms with Crippen LogP contribution in [0.25, 0.3) is 0 Å². The molecule has 0 aromatic carbocycles. The Morgan fingerprint density at radius 2 is 2.00 bits per heavy atom. The number of hydrogen-bond acceptors (Lipinski definition) is 2. The summed E-state index contributed by atoms with van der Waals surface area (Å²) in [5.74, 6) is 0.249. The lowest BCUT2D eigenvalue weighted by Gasteiger charge is -2.21. The molecule has 1 fully saturated rings. The molecule has 0 amide bonds. The molecule has 15 heavy (non-hydrogen) atoms. The highest BCUT2D eigenvalue weighted by Gasteiger charge is 2.63. The number of halogens is 4. The largest absolute Gasteiger partial charge is 0.411 e. The quantitative estimate of drug-likeness (QED) is 0.841. The highest BCUT2D eigenvalue weighted by molar-refractivity contribution is 9.10. The maximum Gasteiger partial charge on any atom is 0.411 e. The lowest BCUT2D eigenvalue weighted by Crippen LogP contribution is -2.38. The third-order valence-electron chi connectivity index (χ3n) is 2.38. The van der Waals surface area contributed by atoms with E-state index in [1.807, 2.05) is 0 Å². The minimum absolute atomic E-state index is 0.116. The van der Waals surface area contributed by atoms with Gasteiger partial charge in [-0.05, 0) is 40.9 Å². The molecule has 0 saturated heterocycles. The molecule has 2 nitrogen and oxygen atoms in total. The molecule has 1 aromatic rings. The standard InChI is InChI=1S/C9H8BrF3N2/c10-6-2-1-3-7(14-6)15-8(4-5-8)9(11,12)13/h1-3H,4-5H2,(H,14,15). The van der Waals surface area contributed by atoms with E-state index >= 15 is 0 Å². The predicted octanol–water partition coefficient (Wildman–Crippen LogP) is 3.35. The molecule has 1 aliphatic carbocycles. The van der Waals surface area contributed by atoms with Gasteiger partial charge >= 0.3 is 6.18 Å². The van der Waals surface area contributed by atoms with Crippen molar-refractivity contribution in [1.82, 2.24) is 4.98 Å². The zero-order valence-corrected chi connectivity index (χ0v) is 9.19. The average Bonchev–Trinajstić information content (AvgIpc) is 2.84. The fraction of sp³-hybridized carbons (Fsp3) is 0.444. The van der Waals surface area contributed by atoms with Crippen molar-refractivity contribution in [2.45, 2.75) is 24.6 Å². The summed E-state index contributed by atoms with van der Waals surface area (Å²) in [6.07, 6.45) is -3.98. The van der Waals surface area contributed by atoms with Gasteiger partial charge in [-0.25, -0.2) is 4.98 Å². The van der Waals surface area contributed by atoms with Gasteiger partial charge in [-0.2, -0.15) is 13.2 Å². The van der Waals surface area contributed by atoms with E-state index in [0.29, 0.717) is 4.60 Å². The van der Waals surface area contributed by atoms with Crippen molar-refractivity contribution in [1.29, 1.82) is 0 Å². The Balaban J connectivity index is 2.16. The zero-order valence-electron chi connectivity index (χ0n) is 7.61. The summed E-state index contributed by atoms with van der Waals surface area (Å²) in [6, 6.07) is 4.83. The summed E-state index contributed by atoms with van der Waals surface area (Å²) in [5.41, 5.74) is -1.75. The van der Waals surface area contributed by atoms with Crippen LogP contribution in [0.1, 0.15) is 12.8 Å². The van der Waals surface area contributed by atoms with Crippen LogP contribution in [0.5, 0.6) is 0 Å². The Hall–Kier alpha value is -0.780. The number of pyridine rings is 1. The van der Waals surface area contributed by atoms with Crippen molar-refractivity contribution in [2.24, 2.45) is 0 Å². The SMILES string of the molecule is FC(F)(F)C1(Nc2cccc(Br)n2)CC1. The van der Waals surface area contributed by atoms with Crippen molar-refractivity contribution in [2.75, 3.05) is 5.32 Å². The van der Waals surface area contributed by atoms with Gasteiger partial charge in [-0.15, -0.1) is 0 Å². The summed E-state index contributed by atoms with van der Waals surface area (Å²) < 4.78 is 38.3. The molecule has 1 aromatic heterocycles. The molecule has 0 aliphatic heterocycles. The molecule has 1 saturated carbocycles. The second-order valence-electron chi connectivity index (χ2n) is 3.55. The third kappa shape index (κ3) is 2.09. The summed E-state index contributed by atoms with van der Waals surface area (Å²) in [5, 5.41) is 2.44. The van der Waals surface area contributed by atoms with Crippen LogP contribution in [0.3, 0.4) is 0 Å². The predicted molar refractivity (Wildman–Crippen MR) is 53.6 cm³/mol. The Kier molecular flexibility index (Phi) is 2.41. The van der Waals surface area contributed by atoms with Gasteiger partial charge in [-0.1, -0.05) is 6.07 Å². The van der Waals surface area contributed by atoms with Crippen LogP contribution in [-0.4, -0.2) is 16.7 Å². The third-order valence-corrected chi connectivity index (χ3v) is 2.82. The highest BCUT2D eigenvalue weighted by Crippen LogP contribution is 2.50. The molecule has 1 N–H and O–H groups in total. The van der Waals surface area contributed by atoms with Gasteiger partial charge in [0.15, 0.2) is 0 Å². The van der Waals surface area contributed by atoms with E-state index in [9.17, 15) is 13.2 Å². The lowest BCUT2D eigenvalue weighted by molar-refractivity contribution is -0.151. The molecular formula is C9H8BrF3N2. The first-order valence-corrected chi connectivity index (χ1v) is 5.20.